The highest BCUT2D eigenvalue weighted by Crippen LogP contribution is 2.39. The summed E-state index contributed by atoms with van der Waals surface area (Å²) in [5.41, 5.74) is 1.66. The Labute approximate surface area is 190 Å². The lowest BCUT2D eigenvalue weighted by molar-refractivity contribution is 0.140. The molecule has 0 N–H and O–H groups in total. The second-order valence-electron chi connectivity index (χ2n) is 7.16. The van der Waals surface area contributed by atoms with Crippen LogP contribution in [0.15, 0.2) is 46.3 Å². The highest BCUT2D eigenvalue weighted by Gasteiger charge is 2.17. The number of rotatable bonds is 8. The summed E-state index contributed by atoms with van der Waals surface area (Å²) in [5.74, 6) is 1.87. The zero-order chi connectivity index (χ0) is 21.6. The fraction of sp³-hybridized carbons (Fsp3) is 0.391. The minimum absolute atomic E-state index is 0.0266. The molecule has 0 saturated heterocycles. The Bertz CT molecular complexity index is 1120. The van der Waals surface area contributed by atoms with E-state index < -0.39 is 0 Å². The van der Waals surface area contributed by atoms with Gasteiger partial charge >= 0.3 is 0 Å². The number of thioether (sulfide) groups is 1. The SMILES string of the molecule is CCOCCCn1c(SCc2cc(Cl)c3c(c2)OCCCO3)nc2ccccc2c1=O. The molecular weight excluding hydrogens is 436 g/mol. The fourth-order valence-electron chi connectivity index (χ4n) is 3.44. The molecule has 0 atom stereocenters. The van der Waals surface area contributed by atoms with E-state index in [9.17, 15) is 4.79 Å². The van der Waals surface area contributed by atoms with Gasteiger partial charge in [-0.15, -0.1) is 0 Å². The molecule has 31 heavy (non-hydrogen) atoms. The number of para-hydroxylation sites is 1. The number of fused-ring (bicyclic) bond motifs is 2. The van der Waals surface area contributed by atoms with E-state index in [-0.39, 0.29) is 5.56 Å². The molecule has 4 rings (SSSR count). The van der Waals surface area contributed by atoms with Gasteiger partial charge in [0.15, 0.2) is 16.7 Å². The second kappa shape index (κ2) is 10.4. The lowest BCUT2D eigenvalue weighted by atomic mass is 10.2. The molecule has 0 bridgehead atoms. The standard InChI is InChI=1S/C23H25ClN2O4S/c1-2-28-10-5-9-26-22(27)17-7-3-4-8-19(17)25-23(26)31-15-16-13-18(24)21-20(14-16)29-11-6-12-30-21/h3-4,7-8,13-14H,2,5-6,9-12,15H2,1H3. The third kappa shape index (κ3) is 5.17. The Morgan fingerprint density at radius 3 is 2.94 bits per heavy atom. The maximum atomic E-state index is 13.1. The van der Waals surface area contributed by atoms with Crippen molar-refractivity contribution in [1.82, 2.24) is 9.55 Å². The van der Waals surface area contributed by atoms with Crippen LogP contribution in [0.4, 0.5) is 0 Å². The first kappa shape index (κ1) is 22.0. The zero-order valence-corrected chi connectivity index (χ0v) is 19.0. The maximum absolute atomic E-state index is 13.1. The van der Waals surface area contributed by atoms with Crippen molar-refractivity contribution in [2.24, 2.45) is 0 Å². The normalized spacial score (nSPS) is 13.4. The van der Waals surface area contributed by atoms with E-state index in [1.165, 1.54) is 11.8 Å². The third-order valence-electron chi connectivity index (χ3n) is 4.93. The largest absolute Gasteiger partial charge is 0.489 e. The van der Waals surface area contributed by atoms with Crippen molar-refractivity contribution in [3.05, 3.63) is 57.3 Å². The van der Waals surface area contributed by atoms with E-state index in [1.807, 2.05) is 43.3 Å². The van der Waals surface area contributed by atoms with Gasteiger partial charge in [0.1, 0.15) is 0 Å². The lowest BCUT2D eigenvalue weighted by Crippen LogP contribution is -2.24. The fourth-order valence-corrected chi connectivity index (χ4v) is 4.68. The molecule has 1 aliphatic rings. The number of aromatic nitrogens is 2. The Balaban J connectivity index is 1.60. The highest BCUT2D eigenvalue weighted by molar-refractivity contribution is 7.98. The Morgan fingerprint density at radius 1 is 1.23 bits per heavy atom. The number of hydrogen-bond donors (Lipinski definition) is 0. The van der Waals surface area contributed by atoms with Gasteiger partial charge in [-0.2, -0.15) is 0 Å². The first-order valence-electron chi connectivity index (χ1n) is 10.5. The van der Waals surface area contributed by atoms with E-state index in [0.29, 0.717) is 71.3 Å². The number of halogens is 1. The molecule has 0 amide bonds. The Morgan fingerprint density at radius 2 is 2.06 bits per heavy atom. The Kier molecular flexibility index (Phi) is 7.37. The number of nitrogens with zero attached hydrogens (tertiary/aromatic N) is 2. The molecule has 164 valence electrons. The molecule has 6 nitrogen and oxygen atoms in total. The van der Waals surface area contributed by atoms with Crippen LogP contribution in [0.5, 0.6) is 11.5 Å². The summed E-state index contributed by atoms with van der Waals surface area (Å²) in [6, 6.07) is 11.3. The average molecular weight is 461 g/mol. The van der Waals surface area contributed by atoms with E-state index in [4.69, 9.17) is 30.8 Å². The van der Waals surface area contributed by atoms with Gasteiger partial charge in [0.2, 0.25) is 0 Å². The molecule has 2 aromatic carbocycles. The minimum atomic E-state index is -0.0266. The third-order valence-corrected chi connectivity index (χ3v) is 6.26. The van der Waals surface area contributed by atoms with Gasteiger partial charge in [-0.25, -0.2) is 4.98 Å². The van der Waals surface area contributed by atoms with Crippen LogP contribution in [0, 0.1) is 0 Å². The Hall–Kier alpha value is -2.22. The summed E-state index contributed by atoms with van der Waals surface area (Å²) in [4.78, 5) is 17.9. The number of ether oxygens (including phenoxy) is 3. The van der Waals surface area contributed by atoms with Crippen LogP contribution in [-0.2, 0) is 17.0 Å². The van der Waals surface area contributed by atoms with Crippen molar-refractivity contribution >= 4 is 34.3 Å². The monoisotopic (exact) mass is 460 g/mol. The predicted octanol–water partition coefficient (Wildman–Crippen LogP) is 4.93. The summed E-state index contributed by atoms with van der Waals surface area (Å²) >= 11 is 7.95. The van der Waals surface area contributed by atoms with Crippen LogP contribution in [0.3, 0.4) is 0 Å². The molecule has 0 spiro atoms. The number of benzene rings is 2. The van der Waals surface area contributed by atoms with E-state index >= 15 is 0 Å². The van der Waals surface area contributed by atoms with Crippen molar-refractivity contribution in [2.75, 3.05) is 26.4 Å². The highest BCUT2D eigenvalue weighted by atomic mass is 35.5. The molecule has 2 heterocycles. The number of hydrogen-bond acceptors (Lipinski definition) is 6. The molecular formula is C23H25ClN2O4S. The quantitative estimate of drug-likeness (QED) is 0.270. The van der Waals surface area contributed by atoms with Crippen molar-refractivity contribution in [3.63, 3.8) is 0 Å². The summed E-state index contributed by atoms with van der Waals surface area (Å²) in [7, 11) is 0. The van der Waals surface area contributed by atoms with Crippen molar-refractivity contribution in [3.8, 4) is 11.5 Å². The zero-order valence-electron chi connectivity index (χ0n) is 17.4. The predicted molar refractivity (Wildman–Crippen MR) is 124 cm³/mol. The maximum Gasteiger partial charge on any atom is 0.262 e. The topological polar surface area (TPSA) is 62.6 Å². The van der Waals surface area contributed by atoms with Gasteiger partial charge in [0.25, 0.3) is 5.56 Å². The van der Waals surface area contributed by atoms with E-state index in [2.05, 4.69) is 0 Å². The molecule has 8 heteroatoms. The summed E-state index contributed by atoms with van der Waals surface area (Å²) in [5, 5.41) is 1.85. The van der Waals surface area contributed by atoms with Gasteiger partial charge in [-0.3, -0.25) is 9.36 Å². The van der Waals surface area contributed by atoms with Gasteiger partial charge < -0.3 is 14.2 Å². The van der Waals surface area contributed by atoms with Crippen LogP contribution in [0.2, 0.25) is 5.02 Å². The second-order valence-corrected chi connectivity index (χ2v) is 8.51. The lowest BCUT2D eigenvalue weighted by Gasteiger charge is -2.14. The summed E-state index contributed by atoms with van der Waals surface area (Å²) in [6.45, 7) is 4.99. The van der Waals surface area contributed by atoms with Crippen molar-refractivity contribution in [2.45, 2.75) is 37.2 Å². The van der Waals surface area contributed by atoms with E-state index in [1.54, 1.807) is 4.57 Å². The molecule has 1 aliphatic heterocycles. The molecule has 3 aromatic rings. The summed E-state index contributed by atoms with van der Waals surface area (Å²) in [6.07, 6.45) is 1.57. The van der Waals surface area contributed by atoms with Crippen molar-refractivity contribution in [1.29, 1.82) is 0 Å². The first-order valence-corrected chi connectivity index (χ1v) is 11.8. The van der Waals surface area contributed by atoms with Crippen molar-refractivity contribution < 1.29 is 14.2 Å². The van der Waals surface area contributed by atoms with Crippen LogP contribution in [0.25, 0.3) is 10.9 Å². The van der Waals surface area contributed by atoms with Gasteiger partial charge in [0, 0.05) is 31.9 Å². The van der Waals surface area contributed by atoms with Crippen LogP contribution >= 0.6 is 23.4 Å². The van der Waals surface area contributed by atoms with Gasteiger partial charge in [-0.1, -0.05) is 35.5 Å². The smallest absolute Gasteiger partial charge is 0.262 e. The average Bonchev–Trinajstić information content (AvgIpc) is 3.03. The molecule has 0 fully saturated rings. The molecule has 0 radical (unpaired) electrons. The molecule has 1 aromatic heterocycles. The van der Waals surface area contributed by atoms with Crippen LogP contribution in [-0.4, -0.2) is 36.0 Å². The van der Waals surface area contributed by atoms with Gasteiger partial charge in [0.05, 0.1) is 29.1 Å². The summed E-state index contributed by atoms with van der Waals surface area (Å²) < 4.78 is 18.7. The minimum Gasteiger partial charge on any atom is -0.489 e. The molecule has 0 saturated carbocycles. The van der Waals surface area contributed by atoms with Gasteiger partial charge in [-0.05, 0) is 43.2 Å². The van der Waals surface area contributed by atoms with Crippen LogP contribution in [0.1, 0.15) is 25.3 Å². The van der Waals surface area contributed by atoms with Crippen LogP contribution < -0.4 is 15.0 Å². The van der Waals surface area contributed by atoms with E-state index in [0.717, 1.165) is 18.4 Å². The molecule has 0 aliphatic carbocycles. The first-order chi connectivity index (χ1) is 15.2. The molecule has 0 unspecified atom stereocenters.